The van der Waals surface area contributed by atoms with Crippen LogP contribution in [-0.4, -0.2) is 30.1 Å². The second kappa shape index (κ2) is 8.57. The minimum atomic E-state index is -0.575. The lowest BCUT2D eigenvalue weighted by molar-refractivity contribution is -0.121. The Morgan fingerprint density at radius 1 is 1.44 bits per heavy atom. The maximum absolute atomic E-state index is 12.1. The molecule has 0 spiro atoms. The van der Waals surface area contributed by atoms with Gasteiger partial charge in [0.25, 0.3) is 5.91 Å². The van der Waals surface area contributed by atoms with E-state index in [1.165, 1.54) is 6.08 Å². The van der Waals surface area contributed by atoms with Crippen LogP contribution in [0.15, 0.2) is 29.3 Å². The summed E-state index contributed by atoms with van der Waals surface area (Å²) < 4.78 is 0. The van der Waals surface area contributed by atoms with Crippen molar-refractivity contribution in [1.29, 1.82) is 5.41 Å². The predicted molar refractivity (Wildman–Crippen MR) is 103 cm³/mol. The minimum Gasteiger partial charge on any atom is -0.374 e. The fraction of sp³-hybridized carbons (Fsp3) is 0.353. The van der Waals surface area contributed by atoms with Crippen molar-refractivity contribution in [3.05, 3.63) is 34.9 Å². The molecule has 0 aliphatic carbocycles. The molecule has 1 saturated heterocycles. The highest BCUT2D eigenvalue weighted by Gasteiger charge is 2.20. The van der Waals surface area contributed by atoms with Gasteiger partial charge in [0.2, 0.25) is 5.91 Å². The molecule has 25 heavy (non-hydrogen) atoms. The molecule has 1 aromatic rings. The van der Waals surface area contributed by atoms with E-state index in [9.17, 15) is 9.59 Å². The van der Waals surface area contributed by atoms with E-state index < -0.39 is 5.91 Å². The van der Waals surface area contributed by atoms with Crippen molar-refractivity contribution in [2.45, 2.75) is 32.2 Å². The highest BCUT2D eigenvalue weighted by atomic mass is 32.1. The Balaban J connectivity index is 2.25. The van der Waals surface area contributed by atoms with Gasteiger partial charge in [0.05, 0.1) is 16.3 Å². The molecule has 1 fully saturated rings. The summed E-state index contributed by atoms with van der Waals surface area (Å²) in [6.07, 6.45) is 4.20. The zero-order valence-electron chi connectivity index (χ0n) is 14.1. The number of carbonyl (C=O) groups excluding carboxylic acids is 2. The lowest BCUT2D eigenvalue weighted by Gasteiger charge is -2.18. The van der Waals surface area contributed by atoms with E-state index >= 15 is 0 Å². The van der Waals surface area contributed by atoms with Crippen LogP contribution in [-0.2, 0) is 4.79 Å². The zero-order chi connectivity index (χ0) is 18.4. The number of hydrogen-bond acceptors (Lipinski definition) is 6. The number of amides is 2. The Morgan fingerprint density at radius 3 is 2.88 bits per heavy atom. The van der Waals surface area contributed by atoms with Crippen molar-refractivity contribution < 1.29 is 9.59 Å². The van der Waals surface area contributed by atoms with Gasteiger partial charge in [-0.15, -0.1) is 12.6 Å². The van der Waals surface area contributed by atoms with Gasteiger partial charge in [-0.25, -0.2) is 0 Å². The van der Waals surface area contributed by atoms with E-state index in [0.717, 1.165) is 19.3 Å². The second-order valence-electron chi connectivity index (χ2n) is 5.95. The maximum atomic E-state index is 12.1. The van der Waals surface area contributed by atoms with E-state index in [1.54, 1.807) is 25.1 Å². The lowest BCUT2D eigenvalue weighted by atomic mass is 10.1. The quantitative estimate of drug-likeness (QED) is 0.343. The molecule has 1 aliphatic heterocycles. The molecule has 1 unspecified atom stereocenters. The zero-order valence-corrected chi connectivity index (χ0v) is 15.0. The summed E-state index contributed by atoms with van der Waals surface area (Å²) in [5.74, 6) is -0.603. The van der Waals surface area contributed by atoms with Crippen LogP contribution >= 0.6 is 12.6 Å². The summed E-state index contributed by atoms with van der Waals surface area (Å²) in [6.45, 7) is 2.32. The van der Waals surface area contributed by atoms with Gasteiger partial charge >= 0.3 is 0 Å². The molecule has 1 aromatic carbocycles. The minimum absolute atomic E-state index is 0.0276. The standard InChI is InChI=1S/C17H23N5O2S/c1-10(18)8-15(25)22-14-9-11(5-6-12(14)16(19)23)21-13-4-2-3-7-20-17(13)24/h5-6,8-9,13,18,21-22,25H,2-4,7H2,1H3,(H2,19,23)(H,20,24)/b15-8-,18-10?. The monoisotopic (exact) mass is 361 g/mol. The lowest BCUT2D eigenvalue weighted by Crippen LogP contribution is -2.37. The van der Waals surface area contributed by atoms with Crippen LogP contribution in [0, 0.1) is 5.41 Å². The molecule has 1 atom stereocenters. The second-order valence-corrected chi connectivity index (χ2v) is 6.43. The molecule has 2 amide bonds. The normalized spacial score (nSPS) is 18.1. The smallest absolute Gasteiger partial charge is 0.250 e. The third kappa shape index (κ3) is 5.53. The van der Waals surface area contributed by atoms with Gasteiger partial charge in [0.15, 0.2) is 0 Å². The number of thiol groups is 1. The summed E-state index contributed by atoms with van der Waals surface area (Å²) in [7, 11) is 0. The summed E-state index contributed by atoms with van der Waals surface area (Å²) in [6, 6.07) is 4.71. The van der Waals surface area contributed by atoms with Crippen molar-refractivity contribution >= 4 is 41.5 Å². The molecule has 1 aliphatic rings. The van der Waals surface area contributed by atoms with Gasteiger partial charge < -0.3 is 27.1 Å². The van der Waals surface area contributed by atoms with Gasteiger partial charge in [-0.3, -0.25) is 9.59 Å². The molecule has 0 radical (unpaired) electrons. The molecule has 6 N–H and O–H groups in total. The topological polar surface area (TPSA) is 120 Å². The van der Waals surface area contributed by atoms with Crippen LogP contribution in [0.5, 0.6) is 0 Å². The van der Waals surface area contributed by atoms with Crippen LogP contribution in [0.25, 0.3) is 0 Å². The van der Waals surface area contributed by atoms with Gasteiger partial charge in [0.1, 0.15) is 6.04 Å². The molecular formula is C17H23N5O2S. The van der Waals surface area contributed by atoms with Crippen molar-refractivity contribution in [2.75, 3.05) is 17.2 Å². The van der Waals surface area contributed by atoms with Gasteiger partial charge in [-0.1, -0.05) is 0 Å². The molecule has 8 heteroatoms. The molecule has 0 bridgehead atoms. The Kier molecular flexibility index (Phi) is 6.46. The fourth-order valence-corrected chi connectivity index (χ4v) is 2.92. The highest BCUT2D eigenvalue weighted by molar-refractivity contribution is 7.84. The van der Waals surface area contributed by atoms with Gasteiger partial charge in [-0.2, -0.15) is 0 Å². The Hall–Kier alpha value is -2.48. The maximum Gasteiger partial charge on any atom is 0.250 e. The Morgan fingerprint density at radius 2 is 2.20 bits per heavy atom. The number of benzene rings is 1. The first kappa shape index (κ1) is 18.9. The molecule has 1 heterocycles. The van der Waals surface area contributed by atoms with Crippen molar-refractivity contribution in [3.63, 3.8) is 0 Å². The first-order valence-corrected chi connectivity index (χ1v) is 8.52. The summed E-state index contributed by atoms with van der Waals surface area (Å²) >= 11 is 4.26. The largest absolute Gasteiger partial charge is 0.374 e. The van der Waals surface area contributed by atoms with E-state index in [1.807, 2.05) is 0 Å². The van der Waals surface area contributed by atoms with Crippen LogP contribution in [0.4, 0.5) is 11.4 Å². The average molecular weight is 361 g/mol. The fourth-order valence-electron chi connectivity index (χ4n) is 2.61. The number of anilines is 2. The highest BCUT2D eigenvalue weighted by Crippen LogP contribution is 2.24. The van der Waals surface area contributed by atoms with E-state index in [0.29, 0.717) is 34.2 Å². The molecule has 0 aromatic heterocycles. The van der Waals surface area contributed by atoms with E-state index in [-0.39, 0.29) is 11.9 Å². The molecule has 2 rings (SSSR count). The van der Waals surface area contributed by atoms with Crippen LogP contribution in [0.2, 0.25) is 0 Å². The number of nitrogens with two attached hydrogens (primary N) is 1. The van der Waals surface area contributed by atoms with Crippen LogP contribution in [0.1, 0.15) is 36.5 Å². The van der Waals surface area contributed by atoms with Crippen molar-refractivity contribution in [2.24, 2.45) is 5.73 Å². The van der Waals surface area contributed by atoms with E-state index in [2.05, 4.69) is 28.6 Å². The van der Waals surface area contributed by atoms with Crippen LogP contribution in [0.3, 0.4) is 0 Å². The Bertz CT molecular complexity index is 717. The summed E-state index contributed by atoms with van der Waals surface area (Å²) in [5, 5.41) is 16.9. The average Bonchev–Trinajstić information content (AvgIpc) is 2.71. The SMILES string of the molecule is CC(=N)/C=C(\S)Nc1cc(NC2CCCCNC2=O)ccc1C(N)=O. The first-order chi connectivity index (χ1) is 11.9. The number of hydrogen-bond donors (Lipinski definition) is 6. The number of carbonyl (C=O) groups is 2. The summed E-state index contributed by atoms with van der Waals surface area (Å²) in [5.41, 5.74) is 7.21. The molecule has 134 valence electrons. The predicted octanol–water partition coefficient (Wildman–Crippen LogP) is 2.09. The molecule has 0 saturated carbocycles. The number of nitrogens with one attached hydrogen (secondary N) is 4. The summed E-state index contributed by atoms with van der Waals surface area (Å²) in [4.78, 5) is 23.7. The Labute approximate surface area is 152 Å². The third-order valence-corrected chi connectivity index (χ3v) is 4.02. The molecular weight excluding hydrogens is 338 g/mol. The van der Waals surface area contributed by atoms with E-state index in [4.69, 9.17) is 11.1 Å². The molecule has 7 nitrogen and oxygen atoms in total. The number of rotatable bonds is 6. The number of allylic oxidation sites excluding steroid dienone is 1. The van der Waals surface area contributed by atoms with Gasteiger partial charge in [0, 0.05) is 17.9 Å². The van der Waals surface area contributed by atoms with Crippen molar-refractivity contribution in [3.8, 4) is 0 Å². The first-order valence-electron chi connectivity index (χ1n) is 8.08. The van der Waals surface area contributed by atoms with Gasteiger partial charge in [-0.05, 0) is 50.5 Å². The van der Waals surface area contributed by atoms with Crippen molar-refractivity contribution in [1.82, 2.24) is 5.32 Å². The van der Waals surface area contributed by atoms with Crippen LogP contribution < -0.4 is 21.7 Å². The number of primary amides is 1. The third-order valence-electron chi connectivity index (χ3n) is 3.78.